The van der Waals surface area contributed by atoms with Crippen LogP contribution in [0, 0.1) is 6.92 Å². The van der Waals surface area contributed by atoms with Gasteiger partial charge in [0.05, 0.1) is 15.8 Å². The highest BCUT2D eigenvalue weighted by Crippen LogP contribution is 2.13. The monoisotopic (exact) mass is 259 g/mol. The Bertz CT molecular complexity index is 322. The van der Waals surface area contributed by atoms with Crippen molar-refractivity contribution in [3.05, 3.63) is 16.4 Å². The molecule has 0 radical (unpaired) electrons. The van der Waals surface area contributed by atoms with Gasteiger partial charge in [-0.05, 0) is 36.7 Å². The van der Waals surface area contributed by atoms with Crippen LogP contribution >= 0.6 is 15.9 Å². The first-order chi connectivity index (χ1) is 6.38. The van der Waals surface area contributed by atoms with Gasteiger partial charge in [-0.1, -0.05) is 0 Å². The van der Waals surface area contributed by atoms with Gasteiger partial charge in [-0.3, -0.25) is 0 Å². The summed E-state index contributed by atoms with van der Waals surface area (Å²) < 4.78 is 0.881. The van der Waals surface area contributed by atoms with Gasteiger partial charge in [0.1, 0.15) is 0 Å². The molecular formula is C9H14BrN3O. The molecule has 0 fully saturated rings. The smallest absolute Gasteiger partial charge is 0.223 e. The van der Waals surface area contributed by atoms with Crippen molar-refractivity contribution < 1.29 is 5.11 Å². The van der Waals surface area contributed by atoms with Crippen molar-refractivity contribution in [2.75, 3.05) is 11.9 Å². The lowest BCUT2D eigenvalue weighted by Crippen LogP contribution is -2.29. The zero-order valence-electron chi connectivity index (χ0n) is 8.50. The number of aliphatic hydroxyl groups is 1. The summed E-state index contributed by atoms with van der Waals surface area (Å²) in [6, 6.07) is 0. The summed E-state index contributed by atoms with van der Waals surface area (Å²) in [5.74, 6) is 0.535. The highest BCUT2D eigenvalue weighted by atomic mass is 79.9. The second-order valence-electron chi connectivity index (χ2n) is 3.79. The van der Waals surface area contributed by atoms with Crippen molar-refractivity contribution >= 4 is 21.9 Å². The average molecular weight is 260 g/mol. The number of nitrogens with zero attached hydrogens (tertiary/aromatic N) is 2. The van der Waals surface area contributed by atoms with Crippen molar-refractivity contribution in [2.45, 2.75) is 26.4 Å². The largest absolute Gasteiger partial charge is 0.389 e. The second-order valence-corrected chi connectivity index (χ2v) is 4.65. The van der Waals surface area contributed by atoms with Gasteiger partial charge in [0.2, 0.25) is 5.95 Å². The molecule has 1 aromatic heterocycles. The lowest BCUT2D eigenvalue weighted by atomic mass is 10.1. The van der Waals surface area contributed by atoms with E-state index in [1.54, 1.807) is 20.0 Å². The van der Waals surface area contributed by atoms with E-state index in [-0.39, 0.29) is 0 Å². The van der Waals surface area contributed by atoms with E-state index >= 15 is 0 Å². The molecule has 1 aromatic rings. The van der Waals surface area contributed by atoms with Gasteiger partial charge in [-0.15, -0.1) is 0 Å². The van der Waals surface area contributed by atoms with Crippen molar-refractivity contribution in [2.24, 2.45) is 0 Å². The van der Waals surface area contributed by atoms with E-state index < -0.39 is 5.60 Å². The molecule has 4 nitrogen and oxygen atoms in total. The molecule has 1 rings (SSSR count). The van der Waals surface area contributed by atoms with Crippen LogP contribution in [-0.2, 0) is 0 Å². The van der Waals surface area contributed by atoms with Gasteiger partial charge in [0.15, 0.2) is 0 Å². The van der Waals surface area contributed by atoms with E-state index in [0.29, 0.717) is 12.5 Å². The summed E-state index contributed by atoms with van der Waals surface area (Å²) in [5.41, 5.74) is 0.114. The first-order valence-corrected chi connectivity index (χ1v) is 5.13. The minimum absolute atomic E-state index is 0.425. The lowest BCUT2D eigenvalue weighted by molar-refractivity contribution is 0.0943. The van der Waals surface area contributed by atoms with Gasteiger partial charge in [-0.2, -0.15) is 0 Å². The Labute approximate surface area is 91.9 Å². The third-order valence-corrected chi connectivity index (χ3v) is 2.38. The van der Waals surface area contributed by atoms with Crippen molar-refractivity contribution in [1.29, 1.82) is 0 Å². The Morgan fingerprint density at radius 1 is 1.57 bits per heavy atom. The molecule has 0 bridgehead atoms. The molecule has 2 N–H and O–H groups in total. The molecule has 0 unspecified atom stereocenters. The van der Waals surface area contributed by atoms with Crippen molar-refractivity contribution in [1.82, 2.24) is 9.97 Å². The van der Waals surface area contributed by atoms with Crippen LogP contribution in [0.2, 0.25) is 0 Å². The Hall–Kier alpha value is -0.680. The molecule has 0 aliphatic rings. The highest BCUT2D eigenvalue weighted by Gasteiger charge is 2.12. The molecule has 14 heavy (non-hydrogen) atoms. The minimum Gasteiger partial charge on any atom is -0.389 e. The summed E-state index contributed by atoms with van der Waals surface area (Å²) in [5, 5.41) is 12.4. The zero-order valence-corrected chi connectivity index (χ0v) is 10.1. The molecule has 1 heterocycles. The molecule has 0 atom stereocenters. The standard InChI is InChI=1S/C9H14BrN3O/c1-6-7(10)4-11-8(13-6)12-5-9(2,3)14/h4,14H,5H2,1-3H3,(H,11,12,13). The van der Waals surface area contributed by atoms with Gasteiger partial charge in [0, 0.05) is 12.7 Å². The molecule has 0 amide bonds. The maximum atomic E-state index is 9.48. The number of aromatic nitrogens is 2. The fourth-order valence-electron chi connectivity index (χ4n) is 0.833. The third-order valence-electron chi connectivity index (χ3n) is 1.60. The quantitative estimate of drug-likeness (QED) is 0.869. The Morgan fingerprint density at radius 2 is 2.21 bits per heavy atom. The summed E-state index contributed by atoms with van der Waals surface area (Å²) in [4.78, 5) is 8.26. The maximum Gasteiger partial charge on any atom is 0.223 e. The third kappa shape index (κ3) is 3.59. The van der Waals surface area contributed by atoms with Gasteiger partial charge in [-0.25, -0.2) is 9.97 Å². The van der Waals surface area contributed by atoms with Crippen LogP contribution in [0.15, 0.2) is 10.7 Å². The fourth-order valence-corrected chi connectivity index (χ4v) is 1.02. The Morgan fingerprint density at radius 3 is 2.71 bits per heavy atom. The maximum absolute atomic E-state index is 9.48. The predicted molar refractivity (Wildman–Crippen MR) is 59.3 cm³/mol. The first kappa shape index (κ1) is 11.4. The Balaban J connectivity index is 2.65. The highest BCUT2D eigenvalue weighted by molar-refractivity contribution is 9.10. The van der Waals surface area contributed by atoms with Crippen LogP contribution in [0.3, 0.4) is 0 Å². The number of nitrogens with one attached hydrogen (secondary N) is 1. The number of aryl methyl sites for hydroxylation is 1. The molecule has 0 aromatic carbocycles. The normalized spacial score (nSPS) is 11.5. The van der Waals surface area contributed by atoms with Crippen molar-refractivity contribution in [3.8, 4) is 0 Å². The number of rotatable bonds is 3. The van der Waals surface area contributed by atoms with Crippen LogP contribution in [0.5, 0.6) is 0 Å². The van der Waals surface area contributed by atoms with E-state index in [4.69, 9.17) is 0 Å². The summed E-state index contributed by atoms with van der Waals surface area (Å²) in [7, 11) is 0. The first-order valence-electron chi connectivity index (χ1n) is 4.34. The van der Waals surface area contributed by atoms with Crippen LogP contribution in [0.1, 0.15) is 19.5 Å². The van der Waals surface area contributed by atoms with Crippen LogP contribution < -0.4 is 5.32 Å². The second kappa shape index (κ2) is 4.23. The summed E-state index contributed by atoms with van der Waals surface area (Å²) >= 11 is 3.32. The summed E-state index contributed by atoms with van der Waals surface area (Å²) in [6.07, 6.45) is 1.69. The SMILES string of the molecule is Cc1nc(NCC(C)(C)O)ncc1Br. The van der Waals surface area contributed by atoms with Crippen LogP contribution in [0.25, 0.3) is 0 Å². The molecule has 0 saturated heterocycles. The van der Waals surface area contributed by atoms with Crippen molar-refractivity contribution in [3.63, 3.8) is 0 Å². The van der Waals surface area contributed by atoms with Crippen LogP contribution in [0.4, 0.5) is 5.95 Å². The minimum atomic E-state index is -0.760. The lowest BCUT2D eigenvalue weighted by Gasteiger charge is -2.17. The van der Waals surface area contributed by atoms with Gasteiger partial charge >= 0.3 is 0 Å². The summed E-state index contributed by atoms with van der Waals surface area (Å²) in [6.45, 7) is 5.77. The molecule has 5 heteroatoms. The molecule has 0 aliphatic carbocycles. The average Bonchev–Trinajstić information content (AvgIpc) is 2.06. The molecule has 0 aliphatic heterocycles. The van der Waals surface area contributed by atoms with Gasteiger partial charge < -0.3 is 10.4 Å². The van der Waals surface area contributed by atoms with E-state index in [0.717, 1.165) is 10.2 Å². The number of hydrogen-bond donors (Lipinski definition) is 2. The number of halogens is 1. The van der Waals surface area contributed by atoms with E-state index in [1.807, 2.05) is 6.92 Å². The van der Waals surface area contributed by atoms with E-state index in [1.165, 1.54) is 0 Å². The topological polar surface area (TPSA) is 58.0 Å². The predicted octanol–water partition coefficient (Wildman–Crippen LogP) is 1.73. The van der Waals surface area contributed by atoms with E-state index in [9.17, 15) is 5.11 Å². The molecule has 0 spiro atoms. The zero-order chi connectivity index (χ0) is 10.8. The fraction of sp³-hybridized carbons (Fsp3) is 0.556. The number of anilines is 1. The van der Waals surface area contributed by atoms with Crippen LogP contribution in [-0.4, -0.2) is 27.2 Å². The van der Waals surface area contributed by atoms with Gasteiger partial charge in [0.25, 0.3) is 0 Å². The molecular weight excluding hydrogens is 246 g/mol. The Kier molecular flexibility index (Phi) is 3.44. The molecule has 78 valence electrons. The van der Waals surface area contributed by atoms with E-state index in [2.05, 4.69) is 31.2 Å². The molecule has 0 saturated carbocycles. The number of hydrogen-bond acceptors (Lipinski definition) is 4.